The standard InChI is InChI=1S/C15H19BrN2O/c1-3-15(19,4-2)10-18-13-8-9-17-14-11(13)6-5-7-12(14)16/h5-9,19H,3-4,10H2,1-2H3,(H,17,18). The monoisotopic (exact) mass is 322 g/mol. The van der Waals surface area contributed by atoms with Crippen molar-refractivity contribution in [1.29, 1.82) is 0 Å². The van der Waals surface area contributed by atoms with Crippen LogP contribution in [0.1, 0.15) is 26.7 Å². The highest BCUT2D eigenvalue weighted by molar-refractivity contribution is 9.10. The molecular weight excluding hydrogens is 304 g/mol. The van der Waals surface area contributed by atoms with E-state index in [1.165, 1.54) is 0 Å². The summed E-state index contributed by atoms with van der Waals surface area (Å²) in [7, 11) is 0. The number of hydrogen-bond acceptors (Lipinski definition) is 3. The highest BCUT2D eigenvalue weighted by Gasteiger charge is 2.21. The number of pyridine rings is 1. The maximum Gasteiger partial charge on any atom is 0.0864 e. The highest BCUT2D eigenvalue weighted by Crippen LogP contribution is 2.28. The molecule has 0 radical (unpaired) electrons. The molecule has 0 aliphatic carbocycles. The third-order valence-electron chi connectivity index (χ3n) is 3.65. The molecule has 0 atom stereocenters. The SMILES string of the molecule is CCC(O)(CC)CNc1ccnc2c(Br)cccc12. The van der Waals surface area contributed by atoms with Gasteiger partial charge in [-0.3, -0.25) is 4.98 Å². The van der Waals surface area contributed by atoms with Crippen molar-refractivity contribution in [3.05, 3.63) is 34.9 Å². The third-order valence-corrected chi connectivity index (χ3v) is 4.29. The lowest BCUT2D eigenvalue weighted by atomic mass is 9.97. The molecular formula is C15H19BrN2O. The summed E-state index contributed by atoms with van der Waals surface area (Å²) in [5.41, 5.74) is 1.29. The first-order valence-electron chi connectivity index (χ1n) is 6.59. The maximum atomic E-state index is 10.3. The number of anilines is 1. The van der Waals surface area contributed by atoms with Crippen LogP contribution in [0.25, 0.3) is 10.9 Å². The van der Waals surface area contributed by atoms with E-state index in [4.69, 9.17) is 0 Å². The number of fused-ring (bicyclic) bond motifs is 1. The van der Waals surface area contributed by atoms with Crippen LogP contribution in [0, 0.1) is 0 Å². The van der Waals surface area contributed by atoms with Gasteiger partial charge in [-0.2, -0.15) is 0 Å². The summed E-state index contributed by atoms with van der Waals surface area (Å²) >= 11 is 3.51. The third kappa shape index (κ3) is 3.07. The van der Waals surface area contributed by atoms with Gasteiger partial charge >= 0.3 is 0 Å². The molecule has 0 fully saturated rings. The molecule has 1 aromatic heterocycles. The van der Waals surface area contributed by atoms with Gasteiger partial charge in [0.05, 0.1) is 11.1 Å². The summed E-state index contributed by atoms with van der Waals surface area (Å²) in [6, 6.07) is 7.95. The van der Waals surface area contributed by atoms with E-state index in [2.05, 4.69) is 26.2 Å². The van der Waals surface area contributed by atoms with E-state index in [-0.39, 0.29) is 0 Å². The summed E-state index contributed by atoms with van der Waals surface area (Å²) in [6.45, 7) is 4.56. The second kappa shape index (κ2) is 5.88. The Morgan fingerprint density at radius 1 is 1.26 bits per heavy atom. The van der Waals surface area contributed by atoms with Gasteiger partial charge in [-0.25, -0.2) is 0 Å². The molecule has 0 saturated heterocycles. The van der Waals surface area contributed by atoms with Crippen LogP contribution in [0.2, 0.25) is 0 Å². The van der Waals surface area contributed by atoms with Crippen molar-refractivity contribution in [1.82, 2.24) is 4.98 Å². The zero-order valence-electron chi connectivity index (χ0n) is 11.3. The molecule has 0 saturated carbocycles. The van der Waals surface area contributed by atoms with Crippen LogP contribution in [0.5, 0.6) is 0 Å². The molecule has 2 rings (SSSR count). The number of nitrogens with zero attached hydrogens (tertiary/aromatic N) is 1. The summed E-state index contributed by atoms with van der Waals surface area (Å²) in [5.74, 6) is 0. The van der Waals surface area contributed by atoms with Gasteiger partial charge in [-0.15, -0.1) is 0 Å². The van der Waals surface area contributed by atoms with E-state index in [0.29, 0.717) is 6.54 Å². The van der Waals surface area contributed by atoms with Crippen molar-refractivity contribution < 1.29 is 5.11 Å². The Bertz CT molecular complexity index is 567. The lowest BCUT2D eigenvalue weighted by molar-refractivity contribution is 0.0457. The average molecular weight is 323 g/mol. The maximum absolute atomic E-state index is 10.3. The Morgan fingerprint density at radius 2 is 2.00 bits per heavy atom. The number of halogens is 1. The van der Waals surface area contributed by atoms with Crippen LogP contribution >= 0.6 is 15.9 Å². The molecule has 2 aromatic rings. The van der Waals surface area contributed by atoms with Gasteiger partial charge in [-0.05, 0) is 40.9 Å². The minimum atomic E-state index is -0.651. The topological polar surface area (TPSA) is 45.1 Å². The van der Waals surface area contributed by atoms with E-state index < -0.39 is 5.60 Å². The number of para-hydroxylation sites is 1. The molecule has 4 heteroatoms. The minimum absolute atomic E-state index is 0.547. The van der Waals surface area contributed by atoms with Gasteiger partial charge < -0.3 is 10.4 Å². The second-order valence-electron chi connectivity index (χ2n) is 4.78. The van der Waals surface area contributed by atoms with E-state index in [1.54, 1.807) is 6.20 Å². The zero-order valence-corrected chi connectivity index (χ0v) is 12.9. The van der Waals surface area contributed by atoms with Crippen LogP contribution in [0.4, 0.5) is 5.69 Å². The van der Waals surface area contributed by atoms with Crippen molar-refractivity contribution in [3.63, 3.8) is 0 Å². The van der Waals surface area contributed by atoms with Gasteiger partial charge in [0.15, 0.2) is 0 Å². The van der Waals surface area contributed by atoms with Crippen molar-refractivity contribution >= 4 is 32.5 Å². The predicted octanol–water partition coefficient (Wildman–Crippen LogP) is 3.96. The van der Waals surface area contributed by atoms with Crippen LogP contribution in [0.3, 0.4) is 0 Å². The fourth-order valence-corrected chi connectivity index (χ4v) is 2.52. The highest BCUT2D eigenvalue weighted by atomic mass is 79.9. The molecule has 0 bridgehead atoms. The number of hydrogen-bond donors (Lipinski definition) is 2. The lowest BCUT2D eigenvalue weighted by Gasteiger charge is -2.26. The predicted molar refractivity (Wildman–Crippen MR) is 83.5 cm³/mol. The van der Waals surface area contributed by atoms with Crippen LogP contribution < -0.4 is 5.32 Å². The number of rotatable bonds is 5. The average Bonchev–Trinajstić information content (AvgIpc) is 2.45. The smallest absolute Gasteiger partial charge is 0.0864 e. The fourth-order valence-electron chi connectivity index (χ4n) is 2.05. The zero-order chi connectivity index (χ0) is 13.9. The van der Waals surface area contributed by atoms with Gasteiger partial charge in [0.2, 0.25) is 0 Å². The summed E-state index contributed by atoms with van der Waals surface area (Å²) in [4.78, 5) is 4.38. The minimum Gasteiger partial charge on any atom is -0.388 e. The molecule has 1 heterocycles. The Kier molecular flexibility index (Phi) is 4.42. The van der Waals surface area contributed by atoms with Crippen LogP contribution in [0.15, 0.2) is 34.9 Å². The van der Waals surface area contributed by atoms with Crippen molar-refractivity contribution in [3.8, 4) is 0 Å². The first-order valence-corrected chi connectivity index (χ1v) is 7.38. The van der Waals surface area contributed by atoms with Crippen LogP contribution in [-0.2, 0) is 0 Å². The van der Waals surface area contributed by atoms with E-state index in [1.807, 2.05) is 38.1 Å². The van der Waals surface area contributed by atoms with Crippen LogP contribution in [-0.4, -0.2) is 22.2 Å². The number of aromatic nitrogens is 1. The Balaban J connectivity index is 2.29. The molecule has 102 valence electrons. The quantitative estimate of drug-likeness (QED) is 0.875. The molecule has 0 aliphatic heterocycles. The summed E-state index contributed by atoms with van der Waals surface area (Å²) in [6.07, 6.45) is 3.26. The molecule has 19 heavy (non-hydrogen) atoms. The molecule has 0 unspecified atom stereocenters. The van der Waals surface area contributed by atoms with E-state index in [0.717, 1.165) is 33.9 Å². The summed E-state index contributed by atoms with van der Waals surface area (Å²) in [5, 5.41) is 14.7. The first-order chi connectivity index (χ1) is 9.09. The van der Waals surface area contributed by atoms with Crippen molar-refractivity contribution in [2.45, 2.75) is 32.3 Å². The fraction of sp³-hybridized carbons (Fsp3) is 0.400. The number of nitrogens with one attached hydrogen (secondary N) is 1. The van der Waals surface area contributed by atoms with Gasteiger partial charge in [0.25, 0.3) is 0 Å². The van der Waals surface area contributed by atoms with Crippen molar-refractivity contribution in [2.75, 3.05) is 11.9 Å². The molecule has 2 N–H and O–H groups in total. The van der Waals surface area contributed by atoms with Crippen molar-refractivity contribution in [2.24, 2.45) is 0 Å². The molecule has 0 aliphatic rings. The van der Waals surface area contributed by atoms with E-state index >= 15 is 0 Å². The molecule has 0 amide bonds. The largest absolute Gasteiger partial charge is 0.388 e. The first kappa shape index (κ1) is 14.3. The molecule has 1 aromatic carbocycles. The number of benzene rings is 1. The molecule has 0 spiro atoms. The van der Waals surface area contributed by atoms with Gasteiger partial charge in [0, 0.05) is 28.3 Å². The number of aliphatic hydroxyl groups is 1. The normalized spacial score (nSPS) is 11.8. The lowest BCUT2D eigenvalue weighted by Crippen LogP contribution is -2.35. The molecule has 3 nitrogen and oxygen atoms in total. The van der Waals surface area contributed by atoms with Gasteiger partial charge in [-0.1, -0.05) is 26.0 Å². The summed E-state index contributed by atoms with van der Waals surface area (Å²) < 4.78 is 0.981. The Labute approximate surface area is 122 Å². The second-order valence-corrected chi connectivity index (χ2v) is 5.63. The Hall–Kier alpha value is -1.13. The Morgan fingerprint density at radius 3 is 2.68 bits per heavy atom. The van der Waals surface area contributed by atoms with Gasteiger partial charge in [0.1, 0.15) is 0 Å². The van der Waals surface area contributed by atoms with E-state index in [9.17, 15) is 5.11 Å².